The van der Waals surface area contributed by atoms with E-state index in [1.165, 1.54) is 23.1 Å². The molecule has 1 heterocycles. The van der Waals surface area contributed by atoms with Gasteiger partial charge < -0.3 is 14.7 Å². The highest BCUT2D eigenvalue weighted by Gasteiger charge is 2.43. The summed E-state index contributed by atoms with van der Waals surface area (Å²) in [6.07, 6.45) is -0.362. The molecule has 7 heteroatoms. The van der Waals surface area contributed by atoms with Crippen LogP contribution in [0, 0.1) is 11.2 Å². The van der Waals surface area contributed by atoms with Crippen LogP contribution in [-0.2, 0) is 9.59 Å². The second kappa shape index (κ2) is 6.24. The minimum atomic E-state index is -0.911. The lowest BCUT2D eigenvalue weighted by Crippen LogP contribution is -2.41. The first-order chi connectivity index (χ1) is 10.2. The number of likely N-dealkylation sites (tertiary alicyclic amines) is 1. The minimum Gasteiger partial charge on any atom is -0.481 e. The topological polar surface area (TPSA) is 66.8 Å². The van der Waals surface area contributed by atoms with Gasteiger partial charge in [0.05, 0.1) is 9.89 Å². The number of halogens is 2. The number of amides is 1. The monoisotopic (exact) mass is 373 g/mol. The van der Waals surface area contributed by atoms with Crippen molar-refractivity contribution in [2.75, 3.05) is 13.1 Å². The fourth-order valence-corrected chi connectivity index (χ4v) is 2.84. The molecule has 0 aliphatic carbocycles. The molecule has 1 aliphatic rings. The Balaban J connectivity index is 2.03. The third kappa shape index (κ3) is 3.40. The Morgan fingerprint density at radius 1 is 1.50 bits per heavy atom. The number of hydrogen-bond donors (Lipinski definition) is 1. The van der Waals surface area contributed by atoms with Crippen LogP contribution in [-0.4, -0.2) is 41.1 Å². The summed E-state index contributed by atoms with van der Waals surface area (Å²) < 4.78 is 19.0. The molecule has 120 valence electrons. The molecule has 0 spiro atoms. The first-order valence-electron chi connectivity index (χ1n) is 6.87. The molecule has 0 bridgehead atoms. The summed E-state index contributed by atoms with van der Waals surface area (Å²) in [5.41, 5.74) is -0.911. The van der Waals surface area contributed by atoms with E-state index >= 15 is 0 Å². The fraction of sp³-hybridized carbons (Fsp3) is 0.467. The Morgan fingerprint density at radius 3 is 2.73 bits per heavy atom. The number of ether oxygens (including phenoxy) is 1. The molecule has 1 fully saturated rings. The van der Waals surface area contributed by atoms with E-state index in [9.17, 15) is 19.1 Å². The predicted molar refractivity (Wildman–Crippen MR) is 81.1 cm³/mol. The normalized spacial score (nSPS) is 22.5. The molecule has 1 amide bonds. The van der Waals surface area contributed by atoms with Crippen molar-refractivity contribution in [3.63, 3.8) is 0 Å². The van der Waals surface area contributed by atoms with Gasteiger partial charge in [0.2, 0.25) is 0 Å². The van der Waals surface area contributed by atoms with Crippen molar-refractivity contribution in [1.29, 1.82) is 0 Å². The molecule has 2 atom stereocenters. The van der Waals surface area contributed by atoms with Crippen molar-refractivity contribution >= 4 is 27.8 Å². The third-order valence-corrected chi connectivity index (χ3v) is 4.47. The van der Waals surface area contributed by atoms with Crippen molar-refractivity contribution in [2.45, 2.75) is 26.4 Å². The molecule has 22 heavy (non-hydrogen) atoms. The average Bonchev–Trinajstić information content (AvgIpc) is 2.85. The maximum atomic E-state index is 13.0. The number of aliphatic carboxylic acids is 1. The summed E-state index contributed by atoms with van der Waals surface area (Å²) >= 11 is 3.18. The van der Waals surface area contributed by atoms with E-state index in [-0.39, 0.29) is 12.5 Å². The highest BCUT2D eigenvalue weighted by molar-refractivity contribution is 9.10. The van der Waals surface area contributed by atoms with Gasteiger partial charge in [-0.1, -0.05) is 0 Å². The van der Waals surface area contributed by atoms with Gasteiger partial charge >= 0.3 is 5.97 Å². The first-order valence-corrected chi connectivity index (χ1v) is 7.66. The summed E-state index contributed by atoms with van der Waals surface area (Å²) in [7, 11) is 0. The number of carbonyl (C=O) groups excluding carboxylic acids is 1. The second-order valence-corrected chi connectivity index (χ2v) is 6.56. The standard InChI is InChI=1S/C15H17BrFNO4/c1-9(22-12-4-3-10(17)7-11(12)16)13(19)18-6-5-15(2,8-18)14(20)21/h3-4,7,9H,5-6,8H2,1-2H3,(H,20,21). The summed E-state index contributed by atoms with van der Waals surface area (Å²) in [6.45, 7) is 3.78. The van der Waals surface area contributed by atoms with Crippen LogP contribution in [0.2, 0.25) is 0 Å². The van der Waals surface area contributed by atoms with E-state index in [1.54, 1.807) is 13.8 Å². The zero-order valence-electron chi connectivity index (χ0n) is 12.3. The maximum Gasteiger partial charge on any atom is 0.311 e. The lowest BCUT2D eigenvalue weighted by molar-refractivity contribution is -0.147. The largest absolute Gasteiger partial charge is 0.481 e. The summed E-state index contributed by atoms with van der Waals surface area (Å²) in [5, 5.41) is 9.20. The van der Waals surface area contributed by atoms with Gasteiger partial charge in [0, 0.05) is 13.1 Å². The van der Waals surface area contributed by atoms with E-state index in [0.717, 1.165) is 0 Å². The van der Waals surface area contributed by atoms with E-state index in [4.69, 9.17) is 4.74 Å². The Labute approximate surface area is 136 Å². The van der Waals surface area contributed by atoms with Gasteiger partial charge in [0.15, 0.2) is 6.10 Å². The molecular weight excluding hydrogens is 357 g/mol. The number of rotatable bonds is 4. The molecule has 0 saturated carbocycles. The van der Waals surface area contributed by atoms with Crippen LogP contribution in [0.15, 0.2) is 22.7 Å². The van der Waals surface area contributed by atoms with Crippen LogP contribution >= 0.6 is 15.9 Å². The number of hydrogen-bond acceptors (Lipinski definition) is 3. The lowest BCUT2D eigenvalue weighted by Gasteiger charge is -2.23. The Bertz CT molecular complexity index is 609. The van der Waals surface area contributed by atoms with Crippen molar-refractivity contribution in [2.24, 2.45) is 5.41 Å². The van der Waals surface area contributed by atoms with Crippen molar-refractivity contribution in [3.05, 3.63) is 28.5 Å². The highest BCUT2D eigenvalue weighted by atomic mass is 79.9. The predicted octanol–water partition coefficient (Wildman–Crippen LogP) is 2.68. The van der Waals surface area contributed by atoms with Crippen LogP contribution in [0.25, 0.3) is 0 Å². The molecule has 2 rings (SSSR count). The molecule has 1 N–H and O–H groups in total. The zero-order chi connectivity index (χ0) is 16.5. The first kappa shape index (κ1) is 16.7. The van der Waals surface area contributed by atoms with Crippen molar-refractivity contribution in [3.8, 4) is 5.75 Å². The van der Waals surface area contributed by atoms with Crippen LogP contribution in [0.5, 0.6) is 5.75 Å². The molecule has 1 aliphatic heterocycles. The highest BCUT2D eigenvalue weighted by Crippen LogP contribution is 2.31. The molecule has 1 aromatic carbocycles. The molecular formula is C15H17BrFNO4. The lowest BCUT2D eigenvalue weighted by atomic mass is 9.90. The van der Waals surface area contributed by atoms with Gasteiger partial charge in [0.25, 0.3) is 5.91 Å². The maximum absolute atomic E-state index is 13.0. The van der Waals surface area contributed by atoms with E-state index in [1.807, 2.05) is 0 Å². The number of carboxylic acid groups (broad SMARTS) is 1. The van der Waals surface area contributed by atoms with E-state index in [0.29, 0.717) is 23.2 Å². The number of carboxylic acids is 1. The minimum absolute atomic E-state index is 0.166. The van der Waals surface area contributed by atoms with E-state index < -0.39 is 23.3 Å². The fourth-order valence-electron chi connectivity index (χ4n) is 2.39. The summed E-state index contributed by atoms with van der Waals surface area (Å²) in [5.74, 6) is -1.23. The summed E-state index contributed by atoms with van der Waals surface area (Å²) in [6, 6.07) is 3.94. The van der Waals surface area contributed by atoms with E-state index in [2.05, 4.69) is 15.9 Å². The molecule has 0 radical (unpaired) electrons. The Morgan fingerprint density at radius 2 is 2.18 bits per heavy atom. The Kier molecular flexibility index (Phi) is 4.75. The quantitative estimate of drug-likeness (QED) is 0.880. The molecule has 1 aromatic rings. The molecule has 0 aromatic heterocycles. The second-order valence-electron chi connectivity index (χ2n) is 5.71. The van der Waals surface area contributed by atoms with Gasteiger partial charge in [0.1, 0.15) is 11.6 Å². The van der Waals surface area contributed by atoms with Crippen LogP contribution in [0.3, 0.4) is 0 Å². The van der Waals surface area contributed by atoms with Crippen molar-refractivity contribution < 1.29 is 23.8 Å². The molecule has 5 nitrogen and oxygen atoms in total. The number of nitrogens with zero attached hydrogens (tertiary/aromatic N) is 1. The number of benzene rings is 1. The number of carbonyl (C=O) groups is 2. The smallest absolute Gasteiger partial charge is 0.311 e. The Hall–Kier alpha value is -1.63. The third-order valence-electron chi connectivity index (χ3n) is 3.85. The summed E-state index contributed by atoms with van der Waals surface area (Å²) in [4.78, 5) is 25.1. The van der Waals surface area contributed by atoms with Gasteiger partial charge in [-0.2, -0.15) is 0 Å². The molecule has 1 saturated heterocycles. The van der Waals surface area contributed by atoms with Gasteiger partial charge in [-0.25, -0.2) is 4.39 Å². The molecule has 2 unspecified atom stereocenters. The SMILES string of the molecule is CC(Oc1ccc(F)cc1Br)C(=O)N1CCC(C)(C(=O)O)C1. The van der Waals surface area contributed by atoms with Gasteiger partial charge in [-0.3, -0.25) is 9.59 Å². The zero-order valence-corrected chi connectivity index (χ0v) is 13.9. The van der Waals surface area contributed by atoms with Crippen LogP contribution in [0.1, 0.15) is 20.3 Å². The van der Waals surface area contributed by atoms with Crippen molar-refractivity contribution in [1.82, 2.24) is 4.90 Å². The van der Waals surface area contributed by atoms with Crippen LogP contribution in [0.4, 0.5) is 4.39 Å². The average molecular weight is 374 g/mol. The van der Waals surface area contributed by atoms with Crippen LogP contribution < -0.4 is 4.74 Å². The van der Waals surface area contributed by atoms with Gasteiger partial charge in [-0.05, 0) is 54.4 Å². The van der Waals surface area contributed by atoms with Gasteiger partial charge in [-0.15, -0.1) is 0 Å².